The molecule has 0 aromatic carbocycles. The monoisotopic (exact) mass is 171 g/mol. The van der Waals surface area contributed by atoms with Crippen molar-refractivity contribution in [2.24, 2.45) is 0 Å². The first-order valence-corrected chi connectivity index (χ1v) is 3.45. The lowest BCUT2D eigenvalue weighted by molar-refractivity contribution is 0.121. The van der Waals surface area contributed by atoms with E-state index in [0.717, 1.165) is 0 Å². The van der Waals surface area contributed by atoms with E-state index in [4.69, 9.17) is 19.5 Å². The largest absolute Gasteiger partial charge is 0.595 e. The predicted octanol–water partition coefficient (Wildman–Crippen LogP) is 0.797. The van der Waals surface area contributed by atoms with Gasteiger partial charge in [-0.3, -0.25) is 0 Å². The summed E-state index contributed by atoms with van der Waals surface area (Å²) < 4.78 is 9.57. The Balaban J connectivity index is 2.77. The van der Waals surface area contributed by atoms with Gasteiger partial charge in [-0.15, -0.1) is 0 Å². The van der Waals surface area contributed by atoms with Gasteiger partial charge in [-0.05, 0) is 6.82 Å². The Morgan fingerprint density at radius 2 is 1.67 bits per heavy atom. The molecule has 66 valence electrons. The van der Waals surface area contributed by atoms with E-state index in [1.54, 1.807) is 13.9 Å². The minimum atomic E-state index is -0.703. The van der Waals surface area contributed by atoms with Crippen LogP contribution in [0.4, 0.5) is 0 Å². The zero-order valence-corrected chi connectivity index (χ0v) is 6.89. The van der Waals surface area contributed by atoms with Crippen molar-refractivity contribution in [1.29, 1.82) is 0 Å². The van der Waals surface area contributed by atoms with Gasteiger partial charge in [-0.2, -0.15) is 0 Å². The maximum absolute atomic E-state index is 9.05. The lowest BCUT2D eigenvalue weighted by Crippen LogP contribution is -2.22. The maximum Gasteiger partial charge on any atom is 0.595 e. The zero-order chi connectivity index (χ0) is 9.14. The summed E-state index contributed by atoms with van der Waals surface area (Å²) in [7, 11) is 0.918. The van der Waals surface area contributed by atoms with Gasteiger partial charge >= 0.3 is 7.12 Å². The van der Waals surface area contributed by atoms with E-state index >= 15 is 0 Å². The van der Waals surface area contributed by atoms with E-state index < -0.39 is 7.12 Å². The Morgan fingerprint density at radius 3 is 2.08 bits per heavy atom. The number of hydrogen-bond acceptors (Lipinski definition) is 5. The molecule has 12 heavy (non-hydrogen) atoms. The normalized spacial score (nSPS) is 26.8. The van der Waals surface area contributed by atoms with Crippen LogP contribution >= 0.6 is 0 Å². The van der Waals surface area contributed by atoms with Crippen LogP contribution in [0.5, 0.6) is 0 Å². The molecule has 0 aromatic heterocycles. The summed E-state index contributed by atoms with van der Waals surface area (Å²) in [6, 6.07) is 0. The fourth-order valence-electron chi connectivity index (χ4n) is 0.811. The van der Waals surface area contributed by atoms with E-state index in [2.05, 4.69) is 0 Å². The first kappa shape index (κ1) is 8.64. The molecular formula is C6H10BNO4. The molecule has 0 aliphatic carbocycles. The lowest BCUT2D eigenvalue weighted by Gasteiger charge is -2.17. The third kappa shape index (κ3) is 2.30. The van der Waals surface area contributed by atoms with Gasteiger partial charge < -0.3 is 24.4 Å². The van der Waals surface area contributed by atoms with Gasteiger partial charge in [-0.25, -0.2) is 0 Å². The Kier molecular flexibility index (Phi) is 2.37. The highest BCUT2D eigenvalue weighted by molar-refractivity contribution is 6.43. The fourth-order valence-corrected chi connectivity index (χ4v) is 0.811. The van der Waals surface area contributed by atoms with Gasteiger partial charge in [0.25, 0.3) is 11.9 Å². The molecule has 0 amide bonds. The van der Waals surface area contributed by atoms with E-state index in [1.807, 2.05) is 0 Å². The SMILES string of the molecule is CB1O/C(O)=C\N(C)/C=C(/O)O1. The standard InChI is InChI=1S/C6H10BNO4/c1-7-11-5(9)3-8(2)4-6(10)12-7/h3-4,9-10H,1-2H3/b5-3-,6-4-. The lowest BCUT2D eigenvalue weighted by atomic mass is 9.96. The van der Waals surface area contributed by atoms with Gasteiger partial charge in [0, 0.05) is 7.05 Å². The molecule has 0 bridgehead atoms. The first-order chi connectivity index (χ1) is 5.58. The van der Waals surface area contributed by atoms with Crippen LogP contribution in [-0.2, 0) is 9.31 Å². The van der Waals surface area contributed by atoms with Gasteiger partial charge in [0.1, 0.15) is 0 Å². The van der Waals surface area contributed by atoms with E-state index in [1.165, 1.54) is 17.3 Å². The average molecular weight is 171 g/mol. The fraction of sp³-hybridized carbons (Fsp3) is 0.333. The van der Waals surface area contributed by atoms with Crippen molar-refractivity contribution in [3.05, 3.63) is 24.3 Å². The van der Waals surface area contributed by atoms with Crippen molar-refractivity contribution < 1.29 is 19.5 Å². The summed E-state index contributed by atoms with van der Waals surface area (Å²) in [6.07, 6.45) is 2.63. The molecule has 0 unspecified atom stereocenters. The van der Waals surface area contributed by atoms with Crippen LogP contribution in [0.3, 0.4) is 0 Å². The van der Waals surface area contributed by atoms with Crippen molar-refractivity contribution in [2.45, 2.75) is 6.82 Å². The second-order valence-corrected chi connectivity index (χ2v) is 2.40. The molecule has 2 N–H and O–H groups in total. The highest BCUT2D eigenvalue weighted by Gasteiger charge is 2.19. The molecule has 0 aromatic rings. The number of hydrogen-bond donors (Lipinski definition) is 2. The number of aliphatic hydroxyl groups is 2. The quantitative estimate of drug-likeness (QED) is 0.527. The van der Waals surface area contributed by atoms with Gasteiger partial charge in [-0.1, -0.05) is 0 Å². The third-order valence-corrected chi connectivity index (χ3v) is 1.20. The second-order valence-electron chi connectivity index (χ2n) is 2.40. The Hall–Kier alpha value is -1.46. The number of aliphatic hydroxyl groups excluding tert-OH is 2. The van der Waals surface area contributed by atoms with E-state index in [9.17, 15) is 0 Å². The van der Waals surface area contributed by atoms with Crippen molar-refractivity contribution in [2.75, 3.05) is 7.05 Å². The van der Waals surface area contributed by atoms with Crippen LogP contribution in [0.1, 0.15) is 0 Å². The van der Waals surface area contributed by atoms with E-state index in [-0.39, 0.29) is 11.9 Å². The summed E-state index contributed by atoms with van der Waals surface area (Å²) >= 11 is 0. The molecule has 1 aliphatic rings. The van der Waals surface area contributed by atoms with Crippen molar-refractivity contribution in [3.8, 4) is 0 Å². The zero-order valence-electron chi connectivity index (χ0n) is 6.89. The Bertz CT molecular complexity index is 206. The number of rotatable bonds is 0. The topological polar surface area (TPSA) is 62.2 Å². The molecule has 1 heterocycles. The van der Waals surface area contributed by atoms with Gasteiger partial charge in [0.15, 0.2) is 0 Å². The molecule has 0 saturated heterocycles. The molecule has 0 radical (unpaired) electrons. The van der Waals surface area contributed by atoms with Crippen molar-refractivity contribution >= 4 is 7.12 Å². The second kappa shape index (κ2) is 3.29. The summed E-state index contributed by atoms with van der Waals surface area (Å²) in [6.45, 7) is 1.56. The van der Waals surface area contributed by atoms with Gasteiger partial charge in [0.2, 0.25) is 0 Å². The van der Waals surface area contributed by atoms with Crippen LogP contribution in [-0.4, -0.2) is 29.3 Å². The molecule has 0 spiro atoms. The molecule has 6 heteroatoms. The smallest absolute Gasteiger partial charge is 0.498 e. The Labute approximate surface area is 70.6 Å². The molecule has 0 saturated carbocycles. The molecule has 0 fully saturated rings. The molecule has 0 atom stereocenters. The van der Waals surface area contributed by atoms with Crippen LogP contribution in [0.25, 0.3) is 0 Å². The van der Waals surface area contributed by atoms with Crippen LogP contribution < -0.4 is 0 Å². The maximum atomic E-state index is 9.05. The number of nitrogens with zero attached hydrogens (tertiary/aromatic N) is 1. The molecule has 1 aliphatic heterocycles. The van der Waals surface area contributed by atoms with Crippen molar-refractivity contribution in [3.63, 3.8) is 0 Å². The van der Waals surface area contributed by atoms with Gasteiger partial charge in [0.05, 0.1) is 12.4 Å². The summed E-state index contributed by atoms with van der Waals surface area (Å²) in [5.41, 5.74) is 0. The highest BCUT2D eigenvalue weighted by Crippen LogP contribution is 2.07. The van der Waals surface area contributed by atoms with Crippen LogP contribution in [0.2, 0.25) is 6.82 Å². The first-order valence-electron chi connectivity index (χ1n) is 3.45. The predicted molar refractivity (Wildman–Crippen MR) is 43.0 cm³/mol. The van der Waals surface area contributed by atoms with Crippen LogP contribution in [0, 0.1) is 0 Å². The summed E-state index contributed by atoms with van der Waals surface area (Å²) in [5, 5.41) is 18.1. The summed E-state index contributed by atoms with van der Waals surface area (Å²) in [4.78, 5) is 1.41. The van der Waals surface area contributed by atoms with Crippen molar-refractivity contribution in [1.82, 2.24) is 4.90 Å². The summed E-state index contributed by atoms with van der Waals surface area (Å²) in [5.74, 6) is -0.512. The Morgan fingerprint density at radius 1 is 1.25 bits per heavy atom. The highest BCUT2D eigenvalue weighted by atomic mass is 16.7. The van der Waals surface area contributed by atoms with E-state index in [0.29, 0.717) is 0 Å². The minimum Gasteiger partial charge on any atom is -0.498 e. The molecular weight excluding hydrogens is 161 g/mol. The minimum absolute atomic E-state index is 0.256. The molecule has 1 rings (SSSR count). The van der Waals surface area contributed by atoms with Crippen LogP contribution in [0.15, 0.2) is 24.3 Å². The molecule has 5 nitrogen and oxygen atoms in total. The average Bonchev–Trinajstić information content (AvgIpc) is 1.81. The third-order valence-electron chi connectivity index (χ3n) is 1.20.